The molecule has 1 saturated carbocycles. The molecule has 0 unspecified atom stereocenters. The fraction of sp³-hybridized carbons (Fsp3) is 0.379. The number of halogens is 1. The molecule has 1 aliphatic heterocycles. The van der Waals surface area contributed by atoms with Crippen molar-refractivity contribution >= 4 is 16.9 Å². The summed E-state index contributed by atoms with van der Waals surface area (Å²) in [5.41, 5.74) is -0.743. The van der Waals surface area contributed by atoms with Crippen LogP contribution < -0.4 is 10.3 Å². The standard InChI is InChI=1S/C29H30FN5O5/c30-21-4-2-20(3-5-21)26(36)33-14-12-28(38,13-15-33)17-34-19-31-25-24(27(34)37)16-32-35(25)22-6-8-23(9-7-22)40-18-29(39)10-1-11-29/h2-9,16,19,38-39H,1,10-15,17-18H2. The molecule has 0 spiro atoms. The number of piperidine rings is 1. The lowest BCUT2D eigenvalue weighted by Gasteiger charge is -2.38. The molecular formula is C29H30FN5O5. The first kappa shape index (κ1) is 26.1. The number of nitrogens with zero attached hydrogens (tertiary/aromatic N) is 5. The fourth-order valence-electron chi connectivity index (χ4n) is 5.26. The topological polar surface area (TPSA) is 123 Å². The molecule has 1 saturated heterocycles. The monoisotopic (exact) mass is 547 g/mol. The quantitative estimate of drug-likeness (QED) is 0.365. The van der Waals surface area contributed by atoms with E-state index >= 15 is 0 Å². The fourth-order valence-corrected chi connectivity index (χ4v) is 5.26. The molecule has 4 aromatic rings. The Bertz CT molecular complexity index is 1590. The van der Waals surface area contributed by atoms with E-state index < -0.39 is 17.0 Å². The number of ether oxygens (including phenoxy) is 1. The first-order valence-electron chi connectivity index (χ1n) is 13.4. The van der Waals surface area contributed by atoms with Crippen LogP contribution in [0.25, 0.3) is 16.7 Å². The van der Waals surface area contributed by atoms with E-state index in [1.165, 1.54) is 41.4 Å². The Morgan fingerprint density at radius 2 is 1.68 bits per heavy atom. The van der Waals surface area contributed by atoms with Gasteiger partial charge in [-0.05, 0) is 80.6 Å². The molecule has 2 aromatic heterocycles. The molecule has 208 valence electrons. The zero-order chi connectivity index (χ0) is 27.9. The molecule has 1 amide bonds. The van der Waals surface area contributed by atoms with Gasteiger partial charge in [0.2, 0.25) is 0 Å². The van der Waals surface area contributed by atoms with Gasteiger partial charge >= 0.3 is 0 Å². The summed E-state index contributed by atoms with van der Waals surface area (Å²) >= 11 is 0. The van der Waals surface area contributed by atoms with Crippen molar-refractivity contribution in [2.75, 3.05) is 19.7 Å². The van der Waals surface area contributed by atoms with Gasteiger partial charge in [-0.15, -0.1) is 0 Å². The number of hydrogen-bond acceptors (Lipinski definition) is 7. The lowest BCUT2D eigenvalue weighted by molar-refractivity contribution is -0.0663. The summed E-state index contributed by atoms with van der Waals surface area (Å²) in [5.74, 6) is 0.00827. The highest BCUT2D eigenvalue weighted by molar-refractivity contribution is 5.94. The van der Waals surface area contributed by atoms with E-state index in [0.717, 1.165) is 19.3 Å². The first-order valence-corrected chi connectivity index (χ1v) is 13.4. The van der Waals surface area contributed by atoms with Gasteiger partial charge in [0.15, 0.2) is 5.65 Å². The number of benzene rings is 2. The van der Waals surface area contributed by atoms with Crippen LogP contribution in [-0.2, 0) is 6.54 Å². The molecule has 2 aromatic carbocycles. The van der Waals surface area contributed by atoms with E-state index in [9.17, 15) is 24.2 Å². The Labute approximate surface area is 229 Å². The molecular weight excluding hydrogens is 517 g/mol. The molecule has 40 heavy (non-hydrogen) atoms. The van der Waals surface area contributed by atoms with E-state index in [1.54, 1.807) is 21.7 Å². The summed E-state index contributed by atoms with van der Waals surface area (Å²) in [7, 11) is 0. The molecule has 10 nitrogen and oxygen atoms in total. The molecule has 0 radical (unpaired) electrons. The highest BCUT2D eigenvalue weighted by Gasteiger charge is 2.36. The second-order valence-electron chi connectivity index (χ2n) is 10.9. The van der Waals surface area contributed by atoms with Gasteiger partial charge in [-0.3, -0.25) is 14.2 Å². The average Bonchev–Trinajstić information content (AvgIpc) is 3.38. The maximum absolute atomic E-state index is 13.3. The average molecular weight is 548 g/mol. The zero-order valence-electron chi connectivity index (χ0n) is 21.9. The van der Waals surface area contributed by atoms with Crippen LogP contribution in [0.2, 0.25) is 0 Å². The van der Waals surface area contributed by atoms with E-state index in [2.05, 4.69) is 10.1 Å². The zero-order valence-corrected chi connectivity index (χ0v) is 21.9. The Balaban J connectivity index is 1.12. The Hall–Kier alpha value is -4.09. The minimum atomic E-state index is -1.18. The predicted molar refractivity (Wildman–Crippen MR) is 144 cm³/mol. The van der Waals surface area contributed by atoms with Crippen LogP contribution in [0.3, 0.4) is 0 Å². The molecule has 2 N–H and O–H groups in total. The second kappa shape index (κ2) is 10.1. The van der Waals surface area contributed by atoms with Crippen LogP contribution in [0.15, 0.2) is 65.8 Å². The maximum Gasteiger partial charge on any atom is 0.264 e. The van der Waals surface area contributed by atoms with Gasteiger partial charge in [-0.2, -0.15) is 5.10 Å². The van der Waals surface area contributed by atoms with Gasteiger partial charge in [0.1, 0.15) is 29.9 Å². The minimum Gasteiger partial charge on any atom is -0.491 e. The normalized spacial score (nSPS) is 17.9. The van der Waals surface area contributed by atoms with Crippen LogP contribution in [0.4, 0.5) is 4.39 Å². The minimum absolute atomic E-state index is 0.0386. The van der Waals surface area contributed by atoms with Crippen molar-refractivity contribution in [3.8, 4) is 11.4 Å². The van der Waals surface area contributed by atoms with Crippen molar-refractivity contribution in [3.63, 3.8) is 0 Å². The number of likely N-dealkylation sites (tertiary alicyclic amines) is 1. The number of aromatic nitrogens is 4. The Morgan fingerprint density at radius 3 is 2.33 bits per heavy atom. The van der Waals surface area contributed by atoms with Crippen molar-refractivity contribution in [2.24, 2.45) is 0 Å². The van der Waals surface area contributed by atoms with Crippen molar-refractivity contribution in [1.29, 1.82) is 0 Å². The van der Waals surface area contributed by atoms with Crippen molar-refractivity contribution in [1.82, 2.24) is 24.2 Å². The van der Waals surface area contributed by atoms with Gasteiger partial charge in [0, 0.05) is 18.7 Å². The Morgan fingerprint density at radius 1 is 0.975 bits per heavy atom. The summed E-state index contributed by atoms with van der Waals surface area (Å²) in [6.07, 6.45) is 5.96. The van der Waals surface area contributed by atoms with Crippen LogP contribution in [-0.4, -0.2) is 71.3 Å². The molecule has 0 atom stereocenters. The molecule has 1 aliphatic carbocycles. The molecule has 3 heterocycles. The van der Waals surface area contributed by atoms with Crippen LogP contribution in [0, 0.1) is 5.82 Å². The lowest BCUT2D eigenvalue weighted by Crippen LogP contribution is -2.49. The molecule has 6 rings (SSSR count). The number of rotatable bonds is 7. The first-order chi connectivity index (χ1) is 19.2. The molecule has 2 aliphatic rings. The number of carbonyl (C=O) groups is 1. The Kier molecular flexibility index (Phi) is 6.63. The molecule has 0 bridgehead atoms. The smallest absolute Gasteiger partial charge is 0.264 e. The highest BCUT2D eigenvalue weighted by Crippen LogP contribution is 2.32. The summed E-state index contributed by atoms with van der Waals surface area (Å²) in [6.45, 7) is 0.923. The molecule has 11 heteroatoms. The van der Waals surface area contributed by atoms with E-state index in [4.69, 9.17) is 4.74 Å². The van der Waals surface area contributed by atoms with Crippen molar-refractivity contribution < 1.29 is 24.1 Å². The summed E-state index contributed by atoms with van der Waals surface area (Å²) in [4.78, 5) is 32.1. The lowest BCUT2D eigenvalue weighted by atomic mass is 9.81. The predicted octanol–water partition coefficient (Wildman–Crippen LogP) is 2.68. The van der Waals surface area contributed by atoms with Crippen molar-refractivity contribution in [2.45, 2.75) is 49.9 Å². The maximum atomic E-state index is 13.3. The van der Waals surface area contributed by atoms with Gasteiger partial charge in [-0.25, -0.2) is 14.1 Å². The van der Waals surface area contributed by atoms with Crippen LogP contribution >= 0.6 is 0 Å². The summed E-state index contributed by atoms with van der Waals surface area (Å²) in [5, 5.41) is 26.1. The highest BCUT2D eigenvalue weighted by atomic mass is 19.1. The number of hydrogen-bond donors (Lipinski definition) is 2. The third-order valence-electron chi connectivity index (χ3n) is 7.96. The van der Waals surface area contributed by atoms with Gasteiger partial charge in [-0.1, -0.05) is 0 Å². The number of carbonyl (C=O) groups excluding carboxylic acids is 1. The SMILES string of the molecule is O=C(c1ccc(F)cc1)N1CCC(O)(Cn2cnc3c(cnn3-c3ccc(OCC4(O)CCC4)cc3)c2=O)CC1. The second-order valence-corrected chi connectivity index (χ2v) is 10.9. The van der Waals surface area contributed by atoms with E-state index in [1.807, 2.05) is 12.1 Å². The number of amides is 1. The van der Waals surface area contributed by atoms with Crippen molar-refractivity contribution in [3.05, 3.63) is 82.8 Å². The van der Waals surface area contributed by atoms with Gasteiger partial charge in [0.25, 0.3) is 11.5 Å². The number of fused-ring (bicyclic) bond motifs is 1. The van der Waals surface area contributed by atoms with Crippen LogP contribution in [0.5, 0.6) is 5.75 Å². The van der Waals surface area contributed by atoms with E-state index in [0.29, 0.717) is 41.1 Å². The van der Waals surface area contributed by atoms with Gasteiger partial charge < -0.3 is 19.8 Å². The summed E-state index contributed by atoms with van der Waals surface area (Å²) in [6, 6.07) is 12.6. The summed E-state index contributed by atoms with van der Waals surface area (Å²) < 4.78 is 21.9. The van der Waals surface area contributed by atoms with Gasteiger partial charge in [0.05, 0.1) is 29.6 Å². The number of aliphatic hydroxyl groups is 2. The third kappa shape index (κ3) is 5.09. The molecule has 2 fully saturated rings. The third-order valence-corrected chi connectivity index (χ3v) is 7.96. The van der Waals surface area contributed by atoms with E-state index in [-0.39, 0.29) is 37.5 Å². The largest absolute Gasteiger partial charge is 0.491 e. The van der Waals surface area contributed by atoms with Crippen LogP contribution in [0.1, 0.15) is 42.5 Å².